The van der Waals surface area contributed by atoms with E-state index in [1.165, 1.54) is 41.1 Å². The Morgan fingerprint density at radius 3 is 2.48 bits per heavy atom. The van der Waals surface area contributed by atoms with Crippen LogP contribution in [0.1, 0.15) is 75.2 Å². The second-order valence-electron chi connectivity index (χ2n) is 20.1. The summed E-state index contributed by atoms with van der Waals surface area (Å²) in [5.41, 5.74) is 5.33. The standard InChI is InChI=1S/C51H62ClN9O8S2/c1-34(16-19-58-24-26-70(66,27-25-58)56-49(62)36-4-5-36)55-45-13-11-42(30-46(45)61(64)65)71(67,68)57-50(63)43-12-10-40(29-47(43)69-41-28-37-15-18-53-48(37)54-32-41)60-22-20-59(21-23-60)33-38-14-17-51(2,3)31-44(38)35-6-8-39(52)9-7-35/h6-13,15,18,28-30,32,34,36,55,70H,4-5,14,16-17,19-27,31,33H2,1-3H3,(H,53,54)(H,57,63)(H,56,62,66)/t34-/m0/s1. The fourth-order valence-corrected chi connectivity index (χ4v) is 12.9. The summed E-state index contributed by atoms with van der Waals surface area (Å²) in [7, 11) is -7.26. The Labute approximate surface area is 420 Å². The number of nitrogens with zero attached hydrogens (tertiary/aromatic N) is 6. The molecule has 0 unspecified atom stereocenters. The molecule has 3 fully saturated rings. The Balaban J connectivity index is 0.871. The molecule has 4 heterocycles. The number of pyridine rings is 1. The van der Waals surface area contributed by atoms with Crippen LogP contribution in [0.3, 0.4) is 0 Å². The largest absolute Gasteiger partial charge is 0.455 e. The summed E-state index contributed by atoms with van der Waals surface area (Å²) >= 11 is 6.25. The minimum absolute atomic E-state index is 0.0215. The SMILES string of the molecule is C[C@@H](CCN1CC[SH](O)(=NC(=O)C2CC2)CC1)Nc1ccc(S(=O)(=O)NC(=O)c2ccc(N3CCN(CC4=C(c5ccc(Cl)cc5)CC(C)(C)CC4)CC3)cc2Oc2cnc3[nH]ccc3c2)cc1[N+](=O)[O-]. The number of carbonyl (C=O) groups excluding carboxylic acids is 2. The second kappa shape index (κ2) is 20.8. The topological polar surface area (TPSA) is 216 Å². The van der Waals surface area contributed by atoms with E-state index in [-0.39, 0.29) is 40.3 Å². The van der Waals surface area contributed by atoms with Gasteiger partial charge in [0, 0.05) is 110 Å². The third-order valence-electron chi connectivity index (χ3n) is 14.1. The number of thiol groups is 1. The fraction of sp³-hybridized carbons (Fsp3) is 0.431. The lowest BCUT2D eigenvalue weighted by atomic mass is 9.72. The highest BCUT2D eigenvalue weighted by atomic mass is 35.5. The molecule has 0 spiro atoms. The van der Waals surface area contributed by atoms with Crippen LogP contribution in [-0.2, 0) is 24.9 Å². The normalized spacial score (nSPS) is 19.5. The first-order valence-corrected chi connectivity index (χ1v) is 28.2. The minimum Gasteiger partial charge on any atom is -0.455 e. The van der Waals surface area contributed by atoms with E-state index in [2.05, 4.69) is 65.0 Å². The summed E-state index contributed by atoms with van der Waals surface area (Å²) in [6.45, 7) is 12.3. The van der Waals surface area contributed by atoms with Gasteiger partial charge in [0.25, 0.3) is 27.5 Å². The molecule has 2 aromatic heterocycles. The van der Waals surface area contributed by atoms with Crippen molar-refractivity contribution in [1.29, 1.82) is 0 Å². The van der Waals surface area contributed by atoms with Gasteiger partial charge in [-0.2, -0.15) is 4.36 Å². The molecule has 5 aromatic rings. The van der Waals surface area contributed by atoms with Crippen molar-refractivity contribution in [3.8, 4) is 11.5 Å². The van der Waals surface area contributed by atoms with Crippen LogP contribution < -0.4 is 19.7 Å². The Hall–Kier alpha value is -5.70. The molecule has 4 aliphatic rings. The van der Waals surface area contributed by atoms with Crippen LogP contribution in [0.4, 0.5) is 17.1 Å². The van der Waals surface area contributed by atoms with Crippen LogP contribution in [0.25, 0.3) is 16.6 Å². The monoisotopic (exact) mass is 1030 g/mol. The first-order chi connectivity index (χ1) is 33.9. The van der Waals surface area contributed by atoms with Crippen LogP contribution in [0.5, 0.6) is 11.5 Å². The van der Waals surface area contributed by atoms with Gasteiger partial charge in [-0.1, -0.05) is 53.3 Å². The number of ether oxygens (including phenoxy) is 1. The van der Waals surface area contributed by atoms with Crippen LogP contribution in [-0.4, -0.2) is 119 Å². The number of aromatic nitrogens is 2. The first kappa shape index (κ1) is 50.2. The number of piperazine rings is 1. The van der Waals surface area contributed by atoms with Gasteiger partial charge in [-0.15, -0.1) is 0 Å². The van der Waals surface area contributed by atoms with E-state index in [0.717, 1.165) is 73.9 Å². The van der Waals surface area contributed by atoms with E-state index in [4.69, 9.17) is 16.3 Å². The molecule has 0 radical (unpaired) electrons. The highest BCUT2D eigenvalue weighted by Gasteiger charge is 2.33. The van der Waals surface area contributed by atoms with Crippen LogP contribution in [0, 0.1) is 21.4 Å². The van der Waals surface area contributed by atoms with Crippen molar-refractivity contribution in [3.63, 3.8) is 0 Å². The van der Waals surface area contributed by atoms with Crippen molar-refractivity contribution in [3.05, 3.63) is 117 Å². The van der Waals surface area contributed by atoms with E-state index >= 15 is 0 Å². The van der Waals surface area contributed by atoms with Crippen LogP contribution in [0.2, 0.25) is 5.02 Å². The number of halogens is 1. The summed E-state index contributed by atoms with van der Waals surface area (Å²) in [6, 6.07) is 20.0. The van der Waals surface area contributed by atoms with Crippen molar-refractivity contribution in [1.82, 2.24) is 24.5 Å². The Bertz CT molecular complexity index is 3030. The highest BCUT2D eigenvalue weighted by Crippen LogP contribution is 2.44. The Morgan fingerprint density at radius 2 is 1.76 bits per heavy atom. The maximum atomic E-state index is 14.1. The summed E-state index contributed by atoms with van der Waals surface area (Å²) in [4.78, 5) is 51.9. The Morgan fingerprint density at radius 1 is 1.01 bits per heavy atom. The number of nitrogens with one attached hydrogen (secondary N) is 3. The van der Waals surface area contributed by atoms with Gasteiger partial charge in [0.1, 0.15) is 22.8 Å². The van der Waals surface area contributed by atoms with Crippen molar-refractivity contribution < 1.29 is 32.2 Å². The summed E-state index contributed by atoms with van der Waals surface area (Å²) in [5, 5.41) is 17.0. The molecule has 20 heteroatoms. The number of H-pyrrole nitrogens is 1. The third-order valence-corrected chi connectivity index (χ3v) is 18.1. The first-order valence-electron chi connectivity index (χ1n) is 24.3. The molecule has 9 rings (SSSR count). The van der Waals surface area contributed by atoms with E-state index in [1.807, 2.05) is 25.1 Å². The van der Waals surface area contributed by atoms with Gasteiger partial charge in [-0.3, -0.25) is 24.6 Å². The quantitative estimate of drug-likeness (QED) is 0.0355. The average Bonchev–Trinajstić information content (AvgIpc) is 4.09. The number of hydrogen-bond acceptors (Lipinski definition) is 12. The van der Waals surface area contributed by atoms with Crippen molar-refractivity contribution in [2.75, 3.05) is 74.1 Å². The number of aromatic amines is 1. The molecular weight excluding hydrogens is 966 g/mol. The van der Waals surface area contributed by atoms with Gasteiger partial charge in [-0.05, 0) is 111 Å². The lowest BCUT2D eigenvalue weighted by Gasteiger charge is -2.39. The molecule has 71 heavy (non-hydrogen) atoms. The summed E-state index contributed by atoms with van der Waals surface area (Å²) < 4.78 is 51.4. The molecule has 1 atom stereocenters. The number of fused-ring (bicyclic) bond motifs is 1. The summed E-state index contributed by atoms with van der Waals surface area (Å²) in [6.07, 6.45) is 8.72. The van der Waals surface area contributed by atoms with E-state index in [9.17, 15) is 32.7 Å². The lowest BCUT2D eigenvalue weighted by Crippen LogP contribution is -2.47. The zero-order valence-electron chi connectivity index (χ0n) is 40.3. The average molecular weight is 1030 g/mol. The highest BCUT2D eigenvalue weighted by molar-refractivity contribution is 8.00. The van der Waals surface area contributed by atoms with Gasteiger partial charge in [0.05, 0.1) is 21.6 Å². The lowest BCUT2D eigenvalue weighted by molar-refractivity contribution is -0.384. The zero-order valence-corrected chi connectivity index (χ0v) is 42.7. The van der Waals surface area contributed by atoms with Gasteiger partial charge >= 0.3 is 0 Å². The molecule has 378 valence electrons. The van der Waals surface area contributed by atoms with Gasteiger partial charge in [0.15, 0.2) is 0 Å². The number of carbonyl (C=O) groups is 2. The molecule has 2 aliphatic carbocycles. The predicted molar refractivity (Wildman–Crippen MR) is 280 cm³/mol. The molecule has 4 N–H and O–H groups in total. The molecule has 0 bridgehead atoms. The number of hydrogen-bond donors (Lipinski definition) is 5. The van der Waals surface area contributed by atoms with Crippen LogP contribution >= 0.6 is 11.6 Å². The molecule has 2 aliphatic heterocycles. The van der Waals surface area contributed by atoms with Gasteiger partial charge in [0.2, 0.25) is 0 Å². The number of amides is 2. The maximum Gasteiger partial charge on any atom is 0.293 e. The van der Waals surface area contributed by atoms with E-state index in [1.54, 1.807) is 24.4 Å². The summed E-state index contributed by atoms with van der Waals surface area (Å²) in [5.74, 6) is 0.184. The zero-order chi connectivity index (χ0) is 50.1. The second-order valence-corrected chi connectivity index (χ2v) is 25.1. The number of sulfonamides is 1. The van der Waals surface area contributed by atoms with Crippen molar-refractivity contribution >= 4 is 77.2 Å². The van der Waals surface area contributed by atoms with Crippen molar-refractivity contribution in [2.24, 2.45) is 15.7 Å². The third kappa shape index (κ3) is 12.3. The van der Waals surface area contributed by atoms with Gasteiger partial charge in [-0.25, -0.2) is 18.1 Å². The molecule has 2 amide bonds. The number of allylic oxidation sites excluding steroid dienone is 1. The van der Waals surface area contributed by atoms with E-state index in [0.29, 0.717) is 62.0 Å². The fourth-order valence-electron chi connectivity index (χ4n) is 9.63. The molecule has 2 saturated heterocycles. The molecule has 1 saturated carbocycles. The maximum absolute atomic E-state index is 14.1. The number of anilines is 2. The minimum atomic E-state index is -4.63. The molecule has 3 aromatic carbocycles. The number of nitro groups is 1. The molecular formula is C51H62ClN9O8S2. The van der Waals surface area contributed by atoms with Crippen molar-refractivity contribution in [2.45, 2.75) is 70.2 Å². The van der Waals surface area contributed by atoms with Crippen LogP contribution in [0.15, 0.2) is 100 Å². The number of rotatable bonds is 16. The number of nitro benzene ring substituents is 1. The molecule has 17 nitrogen and oxygen atoms in total. The van der Waals surface area contributed by atoms with E-state index < -0.39 is 41.5 Å². The smallest absolute Gasteiger partial charge is 0.293 e. The predicted octanol–water partition coefficient (Wildman–Crippen LogP) is 8.81. The number of benzene rings is 3. The Kier molecular flexibility index (Phi) is 14.7. The van der Waals surface area contributed by atoms with Gasteiger partial charge < -0.3 is 29.4 Å².